The van der Waals surface area contributed by atoms with Crippen molar-refractivity contribution in [3.8, 4) is 0 Å². The lowest BCUT2D eigenvalue weighted by Crippen LogP contribution is -2.31. The zero-order valence-corrected chi connectivity index (χ0v) is 13.7. The third kappa shape index (κ3) is 4.77. The van der Waals surface area contributed by atoms with Crippen molar-refractivity contribution in [3.05, 3.63) is 64.2 Å². The molecular formula is C17H16N4O4. The van der Waals surface area contributed by atoms with E-state index >= 15 is 0 Å². The van der Waals surface area contributed by atoms with Crippen molar-refractivity contribution in [2.24, 2.45) is 10.2 Å². The number of nitro benzene ring substituents is 1. The topological polar surface area (TPSA) is 114 Å². The van der Waals surface area contributed by atoms with Gasteiger partial charge in [0.2, 0.25) is 6.04 Å². The van der Waals surface area contributed by atoms with Crippen molar-refractivity contribution < 1.29 is 14.5 Å². The molecule has 0 spiro atoms. The van der Waals surface area contributed by atoms with Crippen LogP contribution in [0.5, 0.6) is 0 Å². The lowest BCUT2D eigenvalue weighted by Gasteiger charge is -2.09. The minimum absolute atomic E-state index is 0.0191. The Morgan fingerprint density at radius 3 is 2.44 bits per heavy atom. The van der Waals surface area contributed by atoms with Gasteiger partial charge < -0.3 is 5.32 Å². The molecule has 0 aliphatic heterocycles. The highest BCUT2D eigenvalue weighted by atomic mass is 16.6. The van der Waals surface area contributed by atoms with Gasteiger partial charge in [-0.3, -0.25) is 19.7 Å². The third-order valence-corrected chi connectivity index (χ3v) is 3.28. The predicted octanol–water partition coefficient (Wildman–Crippen LogP) is 3.58. The normalized spacial score (nSPS) is 11.9. The number of anilines is 1. The Morgan fingerprint density at radius 2 is 1.84 bits per heavy atom. The van der Waals surface area contributed by atoms with Crippen molar-refractivity contribution in [3.63, 3.8) is 0 Å². The van der Waals surface area contributed by atoms with Crippen molar-refractivity contribution in [1.82, 2.24) is 0 Å². The molecule has 8 heteroatoms. The summed E-state index contributed by atoms with van der Waals surface area (Å²) >= 11 is 0. The third-order valence-electron chi connectivity index (χ3n) is 3.28. The van der Waals surface area contributed by atoms with Crippen molar-refractivity contribution in [2.45, 2.75) is 19.9 Å². The minimum Gasteiger partial charge on any atom is -0.324 e. The highest BCUT2D eigenvalue weighted by Crippen LogP contribution is 2.28. The lowest BCUT2D eigenvalue weighted by molar-refractivity contribution is -0.384. The van der Waals surface area contributed by atoms with Crippen LogP contribution in [0.4, 0.5) is 17.1 Å². The van der Waals surface area contributed by atoms with Gasteiger partial charge in [0.25, 0.3) is 11.6 Å². The first-order chi connectivity index (χ1) is 11.9. The van der Waals surface area contributed by atoms with Gasteiger partial charge in [-0.05, 0) is 37.6 Å². The summed E-state index contributed by atoms with van der Waals surface area (Å²) < 4.78 is 0. The summed E-state index contributed by atoms with van der Waals surface area (Å²) in [5.41, 5.74) is 0.940. The van der Waals surface area contributed by atoms with E-state index in [1.54, 1.807) is 43.3 Å². The van der Waals surface area contributed by atoms with Crippen molar-refractivity contribution in [1.29, 1.82) is 0 Å². The fourth-order valence-corrected chi connectivity index (χ4v) is 2.03. The Hall–Kier alpha value is -3.42. The Labute approximate surface area is 143 Å². The number of nitro groups is 1. The molecule has 0 saturated carbocycles. The summed E-state index contributed by atoms with van der Waals surface area (Å²) in [7, 11) is 0. The van der Waals surface area contributed by atoms with E-state index in [0.717, 1.165) is 0 Å². The summed E-state index contributed by atoms with van der Waals surface area (Å²) in [6.45, 7) is 2.91. The zero-order chi connectivity index (χ0) is 18.4. The van der Waals surface area contributed by atoms with E-state index in [1.807, 2.05) is 0 Å². The number of Topliss-reactive ketones (excluding diaryl/α,β-unsaturated/α-hetero) is 1. The summed E-state index contributed by atoms with van der Waals surface area (Å²) in [6, 6.07) is 11.6. The SMILES string of the molecule is CC(=O)[C@@H](N=Nc1ccc(C)cc1[N+](=O)[O-])C(=O)Nc1ccccc1. The Balaban J connectivity index is 2.25. The van der Waals surface area contributed by atoms with E-state index in [2.05, 4.69) is 15.5 Å². The maximum absolute atomic E-state index is 12.2. The number of hydrogen-bond acceptors (Lipinski definition) is 6. The highest BCUT2D eigenvalue weighted by Gasteiger charge is 2.24. The first kappa shape index (κ1) is 17.9. The molecule has 2 aromatic carbocycles. The number of amides is 1. The Morgan fingerprint density at radius 1 is 1.16 bits per heavy atom. The minimum atomic E-state index is -1.39. The number of carbonyl (C=O) groups is 2. The van der Waals surface area contributed by atoms with Gasteiger partial charge in [0.05, 0.1) is 4.92 Å². The highest BCUT2D eigenvalue weighted by molar-refractivity contribution is 6.10. The standard InChI is InChI=1S/C17H16N4O4/c1-11-8-9-14(15(10-11)21(24)25)19-20-16(12(2)22)17(23)18-13-6-4-3-5-7-13/h3-10,16H,1-2H3,(H,18,23)/t16-/m1/s1. The lowest BCUT2D eigenvalue weighted by atomic mass is 10.2. The number of nitrogens with one attached hydrogen (secondary N) is 1. The van der Waals surface area contributed by atoms with Crippen LogP contribution in [-0.2, 0) is 9.59 Å². The summed E-state index contributed by atoms with van der Waals surface area (Å²) in [5, 5.41) is 21.1. The number of para-hydroxylation sites is 1. The molecule has 0 radical (unpaired) electrons. The molecule has 0 aliphatic rings. The molecule has 0 fully saturated rings. The van der Waals surface area contributed by atoms with Crippen LogP contribution in [0.3, 0.4) is 0 Å². The second-order valence-electron chi connectivity index (χ2n) is 5.33. The van der Waals surface area contributed by atoms with Gasteiger partial charge in [-0.15, -0.1) is 5.11 Å². The number of aryl methyl sites for hydroxylation is 1. The van der Waals surface area contributed by atoms with Crippen LogP contribution < -0.4 is 5.32 Å². The van der Waals surface area contributed by atoms with Crippen molar-refractivity contribution in [2.75, 3.05) is 5.32 Å². The molecule has 128 valence electrons. The van der Waals surface area contributed by atoms with E-state index in [4.69, 9.17) is 0 Å². The smallest absolute Gasteiger partial charge is 0.296 e. The van der Waals surface area contributed by atoms with Gasteiger partial charge in [-0.1, -0.05) is 24.3 Å². The number of ketones is 1. The molecule has 0 unspecified atom stereocenters. The number of azo groups is 1. The molecule has 0 saturated heterocycles. The molecule has 1 N–H and O–H groups in total. The average molecular weight is 340 g/mol. The number of hydrogen-bond donors (Lipinski definition) is 1. The van der Waals surface area contributed by atoms with Gasteiger partial charge in [-0.25, -0.2) is 0 Å². The van der Waals surface area contributed by atoms with Crippen molar-refractivity contribution >= 4 is 28.8 Å². The Kier molecular flexibility index (Phi) is 5.67. The zero-order valence-electron chi connectivity index (χ0n) is 13.7. The molecule has 8 nitrogen and oxygen atoms in total. The van der Waals surface area contributed by atoms with Crippen LogP contribution in [0.1, 0.15) is 12.5 Å². The number of nitrogens with zero attached hydrogens (tertiary/aromatic N) is 3. The molecule has 0 bridgehead atoms. The molecule has 25 heavy (non-hydrogen) atoms. The molecule has 2 rings (SSSR count). The van der Waals surface area contributed by atoms with E-state index in [0.29, 0.717) is 11.3 Å². The first-order valence-corrected chi connectivity index (χ1v) is 7.40. The number of benzene rings is 2. The summed E-state index contributed by atoms with van der Waals surface area (Å²) in [5.74, 6) is -1.18. The van der Waals surface area contributed by atoms with Gasteiger partial charge in [-0.2, -0.15) is 5.11 Å². The van der Waals surface area contributed by atoms with Crippen LogP contribution in [0, 0.1) is 17.0 Å². The molecule has 1 amide bonds. The number of carbonyl (C=O) groups excluding carboxylic acids is 2. The van der Waals surface area contributed by atoms with Gasteiger partial charge >= 0.3 is 0 Å². The summed E-state index contributed by atoms with van der Waals surface area (Å²) in [4.78, 5) is 34.4. The van der Waals surface area contributed by atoms with E-state index in [9.17, 15) is 19.7 Å². The molecule has 2 aromatic rings. The largest absolute Gasteiger partial charge is 0.324 e. The van der Waals surface area contributed by atoms with Crippen LogP contribution in [-0.4, -0.2) is 22.7 Å². The van der Waals surface area contributed by atoms with Crippen LogP contribution in [0.25, 0.3) is 0 Å². The van der Waals surface area contributed by atoms with Gasteiger partial charge in [0.15, 0.2) is 11.5 Å². The second kappa shape index (κ2) is 7.91. The van der Waals surface area contributed by atoms with E-state index < -0.39 is 22.7 Å². The molecule has 0 aliphatic carbocycles. The molecule has 0 aromatic heterocycles. The van der Waals surface area contributed by atoms with Crippen LogP contribution in [0.2, 0.25) is 0 Å². The van der Waals surface area contributed by atoms with Crippen LogP contribution >= 0.6 is 0 Å². The Bertz CT molecular complexity index is 834. The molecular weight excluding hydrogens is 324 g/mol. The van der Waals surface area contributed by atoms with Gasteiger partial charge in [0.1, 0.15) is 0 Å². The first-order valence-electron chi connectivity index (χ1n) is 7.40. The fraction of sp³-hybridized carbons (Fsp3) is 0.176. The quantitative estimate of drug-likeness (QED) is 0.374. The number of rotatable bonds is 6. The second-order valence-corrected chi connectivity index (χ2v) is 5.33. The molecule has 1 atom stereocenters. The molecule has 0 heterocycles. The van der Waals surface area contributed by atoms with E-state index in [1.165, 1.54) is 19.1 Å². The maximum Gasteiger partial charge on any atom is 0.296 e. The van der Waals surface area contributed by atoms with Gasteiger partial charge in [0, 0.05) is 11.8 Å². The van der Waals surface area contributed by atoms with E-state index in [-0.39, 0.29) is 11.4 Å². The predicted molar refractivity (Wildman–Crippen MR) is 91.9 cm³/mol. The van der Waals surface area contributed by atoms with Crippen LogP contribution in [0.15, 0.2) is 58.8 Å². The summed E-state index contributed by atoms with van der Waals surface area (Å²) in [6.07, 6.45) is 0. The average Bonchev–Trinajstić information content (AvgIpc) is 2.56. The maximum atomic E-state index is 12.2. The fourth-order valence-electron chi connectivity index (χ4n) is 2.03. The monoisotopic (exact) mass is 340 g/mol.